The van der Waals surface area contributed by atoms with Crippen LogP contribution in [0.1, 0.15) is 23.1 Å². The molecule has 0 radical (unpaired) electrons. The Morgan fingerprint density at radius 2 is 1.65 bits per heavy atom. The monoisotopic (exact) mass is 672 g/mol. The van der Waals surface area contributed by atoms with Crippen LogP contribution in [0.15, 0.2) is 72.8 Å². The van der Waals surface area contributed by atoms with Crippen molar-refractivity contribution in [1.82, 2.24) is 16.0 Å². The van der Waals surface area contributed by atoms with Gasteiger partial charge in [-0.1, -0.05) is 69.6 Å². The first kappa shape index (κ1) is 37.2. The molecule has 3 aromatic carbocycles. The number of halogens is 1. The van der Waals surface area contributed by atoms with E-state index in [-0.39, 0.29) is 25.8 Å². The maximum Gasteiger partial charge on any atom is 0.328 e. The summed E-state index contributed by atoms with van der Waals surface area (Å²) in [5.41, 5.74) is 9.55. The smallest absolute Gasteiger partial charge is 0.328 e. The molecule has 46 heavy (non-hydrogen) atoms. The Balaban J connectivity index is 1.87. The number of hydrogen-bond acceptors (Lipinski definition) is 9. The molecule has 0 bridgehead atoms. The van der Waals surface area contributed by atoms with Gasteiger partial charge in [-0.05, 0) is 66.9 Å². The van der Waals surface area contributed by atoms with Crippen molar-refractivity contribution < 1.29 is 33.2 Å². The van der Waals surface area contributed by atoms with Crippen LogP contribution < -0.4 is 26.4 Å². The molecule has 3 aromatic rings. The van der Waals surface area contributed by atoms with Crippen LogP contribution >= 0.6 is 16.8 Å². The first-order chi connectivity index (χ1) is 22.1. The van der Waals surface area contributed by atoms with Crippen LogP contribution in [0.5, 0.6) is 5.75 Å². The predicted molar refractivity (Wildman–Crippen MR) is 182 cm³/mol. The zero-order chi connectivity index (χ0) is 33.6. The highest BCUT2D eigenvalue weighted by molar-refractivity contribution is 8.19. The Hall–Kier alpha value is -3.30. The van der Waals surface area contributed by atoms with Gasteiger partial charge in [0.1, 0.15) is 18.4 Å². The summed E-state index contributed by atoms with van der Waals surface area (Å²) in [4.78, 5) is 38.0. The average Bonchev–Trinajstić information content (AvgIpc) is 3.06. The number of likely N-dealkylation sites (N-methyl/N-ethyl adjacent to an activating group) is 2. The molecule has 6 N–H and O–H groups in total. The maximum atomic E-state index is 14.0. The van der Waals surface area contributed by atoms with E-state index >= 15 is 0 Å². The van der Waals surface area contributed by atoms with Gasteiger partial charge in [-0.15, -0.1) is 0 Å². The lowest BCUT2D eigenvalue weighted by molar-refractivity contribution is -0.145. The number of methoxy groups -OCH3 is 1. The second kappa shape index (κ2) is 18.7. The summed E-state index contributed by atoms with van der Waals surface area (Å²) >= 11 is 0. The third kappa shape index (κ3) is 11.2. The number of rotatable bonds is 18. The van der Waals surface area contributed by atoms with E-state index in [0.717, 1.165) is 27.8 Å². The molecule has 13 heteroatoms. The largest absolute Gasteiger partial charge is 0.489 e. The number of nitrogens with two attached hydrogens (primary N) is 1. The fourth-order valence-corrected chi connectivity index (χ4v) is 5.98. The van der Waals surface area contributed by atoms with Crippen LogP contribution in [-0.4, -0.2) is 74.5 Å². The van der Waals surface area contributed by atoms with Gasteiger partial charge in [0.05, 0.1) is 25.3 Å². The highest BCUT2D eigenvalue weighted by Gasteiger charge is 2.27. The van der Waals surface area contributed by atoms with E-state index < -0.39 is 49.6 Å². The fraction of sp³-hybridized carbons (Fsp3) is 0.364. The van der Waals surface area contributed by atoms with Crippen LogP contribution in [0, 0.1) is 0 Å². The van der Waals surface area contributed by atoms with Crippen LogP contribution in [0.3, 0.4) is 0 Å². The van der Waals surface area contributed by atoms with E-state index in [1.165, 1.54) is 7.11 Å². The summed E-state index contributed by atoms with van der Waals surface area (Å²) in [6.07, 6.45) is -0.453. The van der Waals surface area contributed by atoms with Crippen molar-refractivity contribution in [2.75, 3.05) is 27.7 Å². The molecule has 10 nitrogen and oxygen atoms in total. The minimum absolute atomic E-state index is 0.0214. The highest BCUT2D eigenvalue weighted by atomic mass is 32.0. The number of carbonyl (C=O) groups excluding carboxylic acids is 3. The van der Waals surface area contributed by atoms with Crippen LogP contribution in [0.2, 0.25) is 0 Å². The van der Waals surface area contributed by atoms with E-state index in [9.17, 15) is 23.7 Å². The third-order valence-corrected chi connectivity index (χ3v) is 8.88. The van der Waals surface area contributed by atoms with Gasteiger partial charge in [0.2, 0.25) is 11.4 Å². The molecular formula is C33H43FN4O6P2. The standard InChI is InChI=1S/C33H43FN4O6P2/c1-36-19-26(39)18-27(35)31(40)38-28(32(41)43-3)15-22-10-7-11-23(14-22)24-12-13-30(44-20-21-8-5-4-6-9-21)25(16-24)17-29(37-2)33(42)46(34)45/h4-14,16,26-29,36-37,39H,15,17-20,35,45H2,1-3H3,(H,38,40)/t26-,27+,28+,29+,46?/m1/s1. The molecule has 0 aliphatic carbocycles. The normalized spacial score (nSPS) is 14.4. The van der Waals surface area contributed by atoms with Crippen molar-refractivity contribution in [2.45, 2.75) is 50.1 Å². The van der Waals surface area contributed by atoms with Crippen LogP contribution in [0.25, 0.3) is 11.1 Å². The maximum absolute atomic E-state index is 14.0. The lowest BCUT2D eigenvalue weighted by Crippen LogP contribution is -2.51. The lowest BCUT2D eigenvalue weighted by atomic mass is 9.96. The minimum atomic E-state index is -2.36. The first-order valence-electron chi connectivity index (χ1n) is 14.8. The van der Waals surface area contributed by atoms with Gasteiger partial charge in [0.25, 0.3) is 0 Å². The van der Waals surface area contributed by atoms with Crippen molar-refractivity contribution in [3.05, 3.63) is 89.5 Å². The molecule has 0 saturated carbocycles. The zero-order valence-electron chi connectivity index (χ0n) is 26.2. The molecule has 1 amide bonds. The predicted octanol–water partition coefficient (Wildman–Crippen LogP) is 3.24. The SMILES string of the molecule is CNC[C@H](O)C[C@H](N)C(=O)N[C@@H](Cc1cccc(-c2ccc(OCc3ccccc3)c(C[C@H](NC)C(=O)P(F)P)c2)c1)C(=O)OC. The van der Waals surface area contributed by atoms with Gasteiger partial charge in [-0.3, -0.25) is 9.59 Å². The summed E-state index contributed by atoms with van der Waals surface area (Å²) in [5.74, 6) is -0.629. The second-order valence-corrected chi connectivity index (χ2v) is 13.3. The lowest BCUT2D eigenvalue weighted by Gasteiger charge is -2.21. The van der Waals surface area contributed by atoms with E-state index in [1.54, 1.807) is 14.1 Å². The molecule has 248 valence electrons. The number of amides is 1. The van der Waals surface area contributed by atoms with Gasteiger partial charge < -0.3 is 36.3 Å². The van der Waals surface area contributed by atoms with Crippen molar-refractivity contribution in [1.29, 1.82) is 0 Å². The number of aliphatic hydroxyl groups is 1. The summed E-state index contributed by atoms with van der Waals surface area (Å²) in [6.45, 7) is 0.593. The number of benzene rings is 3. The third-order valence-electron chi connectivity index (χ3n) is 7.38. The summed E-state index contributed by atoms with van der Waals surface area (Å²) in [7, 11) is 4.15. The molecule has 0 aliphatic rings. The summed E-state index contributed by atoms with van der Waals surface area (Å²) < 4.78 is 25.1. The van der Waals surface area contributed by atoms with E-state index in [4.69, 9.17) is 15.2 Å². The fourth-order valence-electron chi connectivity index (χ4n) is 4.92. The Labute approximate surface area is 273 Å². The van der Waals surface area contributed by atoms with Gasteiger partial charge in [0, 0.05) is 13.0 Å². The molecule has 3 rings (SSSR count). The molecule has 6 atom stereocenters. The van der Waals surface area contributed by atoms with Crippen molar-refractivity contribution in [3.8, 4) is 16.9 Å². The van der Waals surface area contributed by atoms with E-state index in [2.05, 4.69) is 16.0 Å². The molecule has 0 heterocycles. The summed E-state index contributed by atoms with van der Waals surface area (Å²) in [6, 6.07) is 20.0. The Morgan fingerprint density at radius 3 is 2.30 bits per heavy atom. The number of aliphatic hydroxyl groups excluding tert-OH is 1. The minimum Gasteiger partial charge on any atom is -0.489 e. The molecule has 2 unspecified atom stereocenters. The molecule has 0 saturated heterocycles. The quantitative estimate of drug-likeness (QED) is 0.101. The number of carbonyl (C=O) groups is 3. The van der Waals surface area contributed by atoms with Crippen molar-refractivity contribution >= 4 is 34.3 Å². The van der Waals surface area contributed by atoms with E-state index in [1.807, 2.05) is 81.7 Å². The van der Waals surface area contributed by atoms with Crippen molar-refractivity contribution in [3.63, 3.8) is 0 Å². The number of ether oxygens (including phenoxy) is 2. The van der Waals surface area contributed by atoms with Crippen molar-refractivity contribution in [2.24, 2.45) is 5.73 Å². The Bertz CT molecular complexity index is 1450. The van der Waals surface area contributed by atoms with Gasteiger partial charge in [0.15, 0.2) is 7.92 Å². The number of hydrogen-bond donors (Lipinski definition) is 5. The highest BCUT2D eigenvalue weighted by Crippen LogP contribution is 2.48. The molecule has 0 aliphatic heterocycles. The van der Waals surface area contributed by atoms with Gasteiger partial charge >= 0.3 is 5.97 Å². The van der Waals surface area contributed by atoms with E-state index in [0.29, 0.717) is 12.4 Å². The zero-order valence-corrected chi connectivity index (χ0v) is 28.3. The Kier molecular flexibility index (Phi) is 15.1. The molecule has 0 aromatic heterocycles. The van der Waals surface area contributed by atoms with Gasteiger partial charge in [-0.25, -0.2) is 8.99 Å². The Morgan fingerprint density at radius 1 is 0.957 bits per heavy atom. The molecule has 0 spiro atoms. The van der Waals surface area contributed by atoms with Gasteiger partial charge in [-0.2, -0.15) is 0 Å². The van der Waals surface area contributed by atoms with Crippen LogP contribution in [0.4, 0.5) is 4.20 Å². The van der Waals surface area contributed by atoms with Crippen LogP contribution in [-0.2, 0) is 38.6 Å². The molecular weight excluding hydrogens is 629 g/mol. The molecule has 0 fully saturated rings. The number of esters is 1. The number of nitrogens with one attached hydrogen (secondary N) is 3. The average molecular weight is 673 g/mol. The first-order valence-corrected chi connectivity index (χ1v) is 17.7. The second-order valence-electron chi connectivity index (χ2n) is 10.8. The summed E-state index contributed by atoms with van der Waals surface area (Å²) in [5, 5.41) is 18.4. The topological polar surface area (TPSA) is 152 Å².